The number of methoxy groups -OCH3 is 1. The Morgan fingerprint density at radius 3 is 2.52 bits per heavy atom. The van der Waals surface area contributed by atoms with Crippen LogP contribution in [0, 0.1) is 0 Å². The molecule has 0 amide bonds. The van der Waals surface area contributed by atoms with Crippen LogP contribution in [0.2, 0.25) is 0 Å². The van der Waals surface area contributed by atoms with Gasteiger partial charge in [0.05, 0.1) is 25.2 Å². The van der Waals surface area contributed by atoms with E-state index in [1.165, 1.54) is 24.9 Å². The Morgan fingerprint density at radius 1 is 1.20 bits per heavy atom. The first-order chi connectivity index (χ1) is 12.0. The van der Waals surface area contributed by atoms with E-state index in [4.69, 9.17) is 14.9 Å². The summed E-state index contributed by atoms with van der Waals surface area (Å²) in [4.78, 5) is 25.9. The fraction of sp³-hybridized carbons (Fsp3) is 0.471. The number of ether oxygens (including phenoxy) is 1. The molecule has 25 heavy (non-hydrogen) atoms. The molecule has 0 aromatic carbocycles. The molecule has 136 valence electrons. The highest BCUT2D eigenvalue weighted by Crippen LogP contribution is 2.34. The summed E-state index contributed by atoms with van der Waals surface area (Å²) in [6, 6.07) is 3.39. The van der Waals surface area contributed by atoms with E-state index in [1.807, 2.05) is 6.20 Å². The Bertz CT molecular complexity index is 604. The zero-order chi connectivity index (χ0) is 18.2. The monoisotopic (exact) mass is 349 g/mol. The summed E-state index contributed by atoms with van der Waals surface area (Å²) in [5.74, 6) is -1.67. The highest BCUT2D eigenvalue weighted by Gasteiger charge is 2.35. The first kappa shape index (κ1) is 18.7. The molecule has 3 rings (SSSR count). The van der Waals surface area contributed by atoms with Gasteiger partial charge in [0.2, 0.25) is 0 Å². The summed E-state index contributed by atoms with van der Waals surface area (Å²) in [5.41, 5.74) is 1.21. The third kappa shape index (κ3) is 5.46. The van der Waals surface area contributed by atoms with Crippen molar-refractivity contribution in [2.24, 2.45) is 0 Å². The van der Waals surface area contributed by atoms with Crippen LogP contribution in [0.4, 0.5) is 5.69 Å². The number of anilines is 1. The van der Waals surface area contributed by atoms with Crippen molar-refractivity contribution < 1.29 is 24.5 Å². The molecule has 1 aromatic heterocycles. The fourth-order valence-electron chi connectivity index (χ4n) is 3.21. The molecule has 2 fully saturated rings. The number of pyridine rings is 1. The van der Waals surface area contributed by atoms with Crippen LogP contribution in [0.15, 0.2) is 30.6 Å². The van der Waals surface area contributed by atoms with E-state index < -0.39 is 11.9 Å². The first-order valence-electron chi connectivity index (χ1n) is 8.13. The van der Waals surface area contributed by atoms with E-state index in [2.05, 4.69) is 21.3 Å². The van der Waals surface area contributed by atoms with Crippen molar-refractivity contribution in [1.82, 2.24) is 10.3 Å². The summed E-state index contributed by atoms with van der Waals surface area (Å²) in [7, 11) is 1.69. The maximum absolute atomic E-state index is 9.55. The molecule has 2 aliphatic rings. The van der Waals surface area contributed by atoms with E-state index in [-0.39, 0.29) is 0 Å². The van der Waals surface area contributed by atoms with Crippen molar-refractivity contribution in [2.75, 3.05) is 25.1 Å². The zero-order valence-electron chi connectivity index (χ0n) is 14.1. The molecule has 2 atom stereocenters. The van der Waals surface area contributed by atoms with Crippen LogP contribution in [-0.4, -0.2) is 59.4 Å². The van der Waals surface area contributed by atoms with Gasteiger partial charge in [0, 0.05) is 36.8 Å². The maximum atomic E-state index is 9.55. The van der Waals surface area contributed by atoms with Gasteiger partial charge in [0.15, 0.2) is 0 Å². The topological polar surface area (TPSA) is 112 Å². The quantitative estimate of drug-likeness (QED) is 0.694. The average molecular weight is 349 g/mol. The Kier molecular flexibility index (Phi) is 6.76. The normalized spacial score (nSPS) is 22.0. The number of hydrogen-bond donors (Lipinski definition) is 3. The van der Waals surface area contributed by atoms with E-state index >= 15 is 0 Å². The Morgan fingerprint density at radius 2 is 1.88 bits per heavy atom. The molecule has 1 aromatic rings. The molecule has 0 spiro atoms. The van der Waals surface area contributed by atoms with E-state index in [0.717, 1.165) is 18.8 Å². The van der Waals surface area contributed by atoms with E-state index in [1.54, 1.807) is 13.3 Å². The van der Waals surface area contributed by atoms with Gasteiger partial charge in [0.25, 0.3) is 0 Å². The number of carboxylic acid groups (broad SMARTS) is 2. The van der Waals surface area contributed by atoms with Gasteiger partial charge in [-0.15, -0.1) is 0 Å². The number of carboxylic acids is 2. The lowest BCUT2D eigenvalue weighted by atomic mass is 10.1. The van der Waals surface area contributed by atoms with Crippen LogP contribution in [-0.2, 0) is 9.59 Å². The summed E-state index contributed by atoms with van der Waals surface area (Å²) in [5, 5.41) is 19.1. The standard InChI is InChI=1S/C13H19N3O.C4H4O4/c1-17-13-6-12(8-15-9-13)16-10-2-3-11(16)7-14-5-4-10;5-3(6)1-2-4(7)8/h6,8-11,14H,2-5,7H2,1H3;1-2H,(H,5,6)(H,7,8)/b;2-1+/t10-,11+;/m0./s1. The molecule has 0 unspecified atom stereocenters. The Hall–Kier alpha value is -2.61. The van der Waals surface area contributed by atoms with Gasteiger partial charge in [-0.2, -0.15) is 0 Å². The number of carbonyl (C=O) groups is 2. The number of nitrogens with zero attached hydrogens (tertiary/aromatic N) is 2. The van der Waals surface area contributed by atoms with Gasteiger partial charge in [-0.05, 0) is 25.8 Å². The summed E-state index contributed by atoms with van der Waals surface area (Å²) in [6.07, 6.45) is 8.66. The van der Waals surface area contributed by atoms with Crippen LogP contribution >= 0.6 is 0 Å². The minimum atomic E-state index is -1.26. The molecular formula is C17H23N3O5. The largest absolute Gasteiger partial charge is 0.495 e. The second kappa shape index (κ2) is 9.03. The minimum absolute atomic E-state index is 0.558. The third-order valence-corrected chi connectivity index (χ3v) is 4.26. The molecule has 2 saturated heterocycles. The molecule has 0 radical (unpaired) electrons. The third-order valence-electron chi connectivity index (χ3n) is 4.26. The van der Waals surface area contributed by atoms with Crippen molar-refractivity contribution in [1.29, 1.82) is 0 Å². The minimum Gasteiger partial charge on any atom is -0.495 e. The van der Waals surface area contributed by atoms with Crippen LogP contribution < -0.4 is 15.0 Å². The van der Waals surface area contributed by atoms with Gasteiger partial charge >= 0.3 is 11.9 Å². The van der Waals surface area contributed by atoms with Crippen molar-refractivity contribution in [3.05, 3.63) is 30.6 Å². The van der Waals surface area contributed by atoms with Crippen LogP contribution in [0.25, 0.3) is 0 Å². The van der Waals surface area contributed by atoms with Gasteiger partial charge in [-0.3, -0.25) is 4.98 Å². The average Bonchev–Trinajstić information content (AvgIpc) is 2.86. The van der Waals surface area contributed by atoms with E-state index in [9.17, 15) is 9.59 Å². The number of nitrogens with one attached hydrogen (secondary N) is 1. The van der Waals surface area contributed by atoms with Crippen molar-refractivity contribution in [2.45, 2.75) is 31.3 Å². The molecule has 8 heteroatoms. The van der Waals surface area contributed by atoms with Crippen LogP contribution in [0.5, 0.6) is 5.75 Å². The molecule has 2 aliphatic heterocycles. The number of aliphatic carboxylic acids is 2. The second-order valence-corrected chi connectivity index (χ2v) is 5.88. The highest BCUT2D eigenvalue weighted by atomic mass is 16.5. The molecule has 3 N–H and O–H groups in total. The predicted octanol–water partition coefficient (Wildman–Crippen LogP) is 1.13. The van der Waals surface area contributed by atoms with Gasteiger partial charge < -0.3 is 25.2 Å². The van der Waals surface area contributed by atoms with Gasteiger partial charge in [0.1, 0.15) is 5.75 Å². The van der Waals surface area contributed by atoms with E-state index in [0.29, 0.717) is 24.2 Å². The highest BCUT2D eigenvalue weighted by molar-refractivity contribution is 5.89. The van der Waals surface area contributed by atoms with Crippen LogP contribution in [0.3, 0.4) is 0 Å². The van der Waals surface area contributed by atoms with Crippen molar-refractivity contribution in [3.63, 3.8) is 0 Å². The molecule has 3 heterocycles. The van der Waals surface area contributed by atoms with Crippen molar-refractivity contribution >= 4 is 17.6 Å². The van der Waals surface area contributed by atoms with Gasteiger partial charge in [-0.1, -0.05) is 0 Å². The SMILES string of the molecule is COc1cncc(N2[C@@H]3CCNC[C@H]2CC3)c1.O=C(O)/C=C/C(=O)O. The molecule has 0 aliphatic carbocycles. The summed E-state index contributed by atoms with van der Waals surface area (Å²) in [6.45, 7) is 2.22. The summed E-state index contributed by atoms with van der Waals surface area (Å²) < 4.78 is 5.26. The number of rotatable bonds is 4. The zero-order valence-corrected chi connectivity index (χ0v) is 14.1. The molecule has 2 bridgehead atoms. The fourth-order valence-corrected chi connectivity index (χ4v) is 3.21. The van der Waals surface area contributed by atoms with Crippen molar-refractivity contribution in [3.8, 4) is 5.75 Å². The van der Waals surface area contributed by atoms with Crippen LogP contribution in [0.1, 0.15) is 19.3 Å². The number of fused-ring (bicyclic) bond motifs is 2. The number of hydrogen-bond acceptors (Lipinski definition) is 6. The lowest BCUT2D eigenvalue weighted by molar-refractivity contribution is -0.134. The molecular weight excluding hydrogens is 326 g/mol. The summed E-state index contributed by atoms with van der Waals surface area (Å²) >= 11 is 0. The Labute approximate surface area is 146 Å². The number of aromatic nitrogens is 1. The smallest absolute Gasteiger partial charge is 0.328 e. The molecule has 8 nitrogen and oxygen atoms in total. The maximum Gasteiger partial charge on any atom is 0.328 e. The Balaban J connectivity index is 0.000000242. The van der Waals surface area contributed by atoms with Gasteiger partial charge in [-0.25, -0.2) is 9.59 Å². The second-order valence-electron chi connectivity index (χ2n) is 5.88. The lowest BCUT2D eigenvalue weighted by Crippen LogP contribution is -2.38. The first-order valence-corrected chi connectivity index (χ1v) is 8.13. The lowest BCUT2D eigenvalue weighted by Gasteiger charge is -2.30. The predicted molar refractivity (Wildman–Crippen MR) is 92.0 cm³/mol. The molecule has 0 saturated carbocycles.